The van der Waals surface area contributed by atoms with E-state index in [9.17, 15) is 19.5 Å². The minimum atomic E-state index is -1.07. The highest BCUT2D eigenvalue weighted by molar-refractivity contribution is 9.10. The van der Waals surface area contributed by atoms with Gasteiger partial charge in [-0.05, 0) is 48.5 Å². The number of carbonyl (C=O) groups excluding carboxylic acids is 3. The highest BCUT2D eigenvalue weighted by Gasteiger charge is 2.46. The molecule has 1 atom stereocenters. The highest BCUT2D eigenvalue weighted by Crippen LogP contribution is 2.45. The van der Waals surface area contributed by atoms with E-state index >= 15 is 0 Å². The van der Waals surface area contributed by atoms with Crippen LogP contribution in [0.3, 0.4) is 0 Å². The number of nitrogens with zero attached hydrogens (tertiary/aromatic N) is 1. The summed E-state index contributed by atoms with van der Waals surface area (Å²) in [6.45, 7) is 0. The monoisotopic (exact) mass is 561 g/mol. The Kier molecular flexibility index (Phi) is 6.31. The third-order valence-corrected chi connectivity index (χ3v) is 6.63. The first kappa shape index (κ1) is 24.3. The zero-order valence-corrected chi connectivity index (χ0v) is 21.3. The van der Waals surface area contributed by atoms with E-state index in [2.05, 4.69) is 15.9 Å². The molecule has 5 rings (SSSR count). The van der Waals surface area contributed by atoms with Gasteiger partial charge in [0.2, 0.25) is 5.78 Å². The lowest BCUT2D eigenvalue weighted by Crippen LogP contribution is -2.31. The van der Waals surface area contributed by atoms with Gasteiger partial charge in [-0.25, -0.2) is 4.79 Å². The lowest BCUT2D eigenvalue weighted by molar-refractivity contribution is -0.117. The molecular weight excluding hydrogens is 542 g/mol. The molecule has 9 heteroatoms. The van der Waals surface area contributed by atoms with Crippen LogP contribution < -0.4 is 9.64 Å². The molecule has 0 radical (unpaired) electrons. The number of hydrogen-bond donors (Lipinski definition) is 1. The maximum Gasteiger partial charge on any atom is 0.337 e. The molecule has 186 valence electrons. The number of ether oxygens (including phenoxy) is 2. The number of Topliss-reactive ketones (excluding diaryl/α,β-unsaturated/α-hetero) is 1. The number of amides is 1. The highest BCUT2D eigenvalue weighted by atomic mass is 79.9. The molecule has 3 aromatic carbocycles. The number of carbonyl (C=O) groups is 3. The Labute approximate surface area is 219 Å². The normalized spacial score (nSPS) is 15.4. The van der Waals surface area contributed by atoms with E-state index in [1.54, 1.807) is 66.7 Å². The Balaban J connectivity index is 1.68. The van der Waals surface area contributed by atoms with Crippen LogP contribution in [0.1, 0.15) is 32.5 Å². The van der Waals surface area contributed by atoms with E-state index in [4.69, 9.17) is 13.9 Å². The molecule has 0 saturated carbocycles. The van der Waals surface area contributed by atoms with Gasteiger partial charge in [-0.15, -0.1) is 0 Å². The molecule has 8 nitrogen and oxygen atoms in total. The van der Waals surface area contributed by atoms with Gasteiger partial charge in [-0.3, -0.25) is 14.5 Å². The van der Waals surface area contributed by atoms with E-state index < -0.39 is 29.5 Å². The second kappa shape index (κ2) is 9.59. The molecule has 37 heavy (non-hydrogen) atoms. The van der Waals surface area contributed by atoms with E-state index in [-0.39, 0.29) is 22.6 Å². The maximum atomic E-state index is 13.8. The van der Waals surface area contributed by atoms with Crippen molar-refractivity contribution in [3.05, 3.63) is 105 Å². The van der Waals surface area contributed by atoms with E-state index in [1.165, 1.54) is 25.2 Å². The molecule has 0 spiro atoms. The number of para-hydroxylation sites is 1. The summed E-state index contributed by atoms with van der Waals surface area (Å²) in [6, 6.07) is 18.9. The number of halogens is 1. The molecule has 0 saturated heterocycles. The third kappa shape index (κ3) is 4.17. The van der Waals surface area contributed by atoms with Gasteiger partial charge in [-0.1, -0.05) is 40.2 Å². The van der Waals surface area contributed by atoms with Crippen molar-refractivity contribution in [2.45, 2.75) is 6.04 Å². The summed E-state index contributed by atoms with van der Waals surface area (Å²) in [6.07, 6.45) is 0. The van der Waals surface area contributed by atoms with Gasteiger partial charge in [0, 0.05) is 21.1 Å². The van der Waals surface area contributed by atoms with Crippen LogP contribution in [0, 0.1) is 0 Å². The van der Waals surface area contributed by atoms with Crippen LogP contribution in [-0.2, 0) is 9.53 Å². The summed E-state index contributed by atoms with van der Waals surface area (Å²) in [5.74, 6) is -2.40. The van der Waals surface area contributed by atoms with Crippen LogP contribution in [0.25, 0.3) is 11.0 Å². The van der Waals surface area contributed by atoms with E-state index in [0.29, 0.717) is 22.3 Å². The molecule has 4 aromatic rings. The number of hydrogen-bond acceptors (Lipinski definition) is 7. The number of rotatable bonds is 6. The number of fused-ring (bicyclic) bond motifs is 1. The summed E-state index contributed by atoms with van der Waals surface area (Å²) < 4.78 is 16.9. The topological polar surface area (TPSA) is 106 Å². The smallest absolute Gasteiger partial charge is 0.337 e. The van der Waals surface area contributed by atoms with Crippen molar-refractivity contribution < 1.29 is 33.4 Å². The van der Waals surface area contributed by atoms with Crippen molar-refractivity contribution in [3.8, 4) is 5.75 Å². The van der Waals surface area contributed by atoms with Gasteiger partial charge in [-0.2, -0.15) is 0 Å². The van der Waals surface area contributed by atoms with Gasteiger partial charge in [0.25, 0.3) is 5.91 Å². The minimum Gasteiger partial charge on any atom is -0.503 e. The van der Waals surface area contributed by atoms with Crippen LogP contribution in [0.2, 0.25) is 0 Å². The fourth-order valence-electron chi connectivity index (χ4n) is 4.45. The van der Waals surface area contributed by atoms with Crippen molar-refractivity contribution in [1.82, 2.24) is 0 Å². The molecule has 0 aliphatic carbocycles. The predicted octanol–water partition coefficient (Wildman–Crippen LogP) is 5.77. The summed E-state index contributed by atoms with van der Waals surface area (Å²) >= 11 is 3.40. The first-order valence-electron chi connectivity index (χ1n) is 11.2. The molecule has 0 fully saturated rings. The zero-order chi connectivity index (χ0) is 26.3. The van der Waals surface area contributed by atoms with Gasteiger partial charge in [0.05, 0.1) is 31.4 Å². The van der Waals surface area contributed by atoms with Crippen LogP contribution in [0.5, 0.6) is 5.75 Å². The summed E-state index contributed by atoms with van der Waals surface area (Å²) in [5.41, 5.74) is 1.26. The van der Waals surface area contributed by atoms with Gasteiger partial charge >= 0.3 is 5.97 Å². The molecule has 1 N–H and O–H groups in total. The number of furan rings is 1. The molecule has 0 bridgehead atoms. The van der Waals surface area contributed by atoms with Gasteiger partial charge < -0.3 is 19.0 Å². The molecule has 1 unspecified atom stereocenters. The van der Waals surface area contributed by atoms with Crippen molar-refractivity contribution in [1.29, 1.82) is 0 Å². The van der Waals surface area contributed by atoms with E-state index in [1.807, 2.05) is 0 Å². The molecule has 2 heterocycles. The van der Waals surface area contributed by atoms with Crippen LogP contribution >= 0.6 is 15.9 Å². The first-order valence-corrected chi connectivity index (χ1v) is 11.9. The second-order valence-corrected chi connectivity index (χ2v) is 9.16. The summed E-state index contributed by atoms with van der Waals surface area (Å²) in [7, 11) is 2.73. The molecule has 1 aromatic heterocycles. The molecule has 1 aliphatic rings. The Hall–Kier alpha value is -4.37. The number of anilines is 1. The molecule has 1 aliphatic heterocycles. The maximum absolute atomic E-state index is 13.8. The SMILES string of the molecule is COC(=O)c1cccc(N2C(=O)C(O)=C(C(=O)c3cc4cc(Br)ccc4o3)C2c2ccccc2OC)c1. The average molecular weight is 562 g/mol. The van der Waals surface area contributed by atoms with Crippen LogP contribution in [0.15, 0.2) is 93.0 Å². The zero-order valence-electron chi connectivity index (χ0n) is 19.7. The fourth-order valence-corrected chi connectivity index (χ4v) is 4.83. The van der Waals surface area contributed by atoms with Crippen LogP contribution in [0.4, 0.5) is 5.69 Å². The largest absolute Gasteiger partial charge is 0.503 e. The first-order chi connectivity index (χ1) is 17.8. The van der Waals surface area contributed by atoms with Gasteiger partial charge in [0.1, 0.15) is 11.3 Å². The van der Waals surface area contributed by atoms with Crippen LogP contribution in [-0.4, -0.2) is 37.0 Å². The lowest BCUT2D eigenvalue weighted by atomic mass is 9.94. The van der Waals surface area contributed by atoms with E-state index in [0.717, 1.165) is 4.47 Å². The van der Waals surface area contributed by atoms with Gasteiger partial charge in [0.15, 0.2) is 11.5 Å². The lowest BCUT2D eigenvalue weighted by Gasteiger charge is -2.28. The standard InChI is InChI=1S/C28H20BrNO7/c1-35-21-9-4-3-8-19(21)24-23(25(31)22-14-16-12-17(29)10-11-20(16)37-22)26(32)27(33)30(24)18-7-5-6-15(13-18)28(34)36-2/h3-14,24,32H,1-2H3. The van der Waals surface area contributed by atoms with Crippen molar-refractivity contribution in [2.24, 2.45) is 0 Å². The molecule has 1 amide bonds. The molecular formula is C28H20BrNO7. The quantitative estimate of drug-likeness (QED) is 0.235. The number of ketones is 1. The van der Waals surface area contributed by atoms with Crippen molar-refractivity contribution in [2.75, 3.05) is 19.1 Å². The minimum absolute atomic E-state index is 0.0347. The predicted molar refractivity (Wildman–Crippen MR) is 139 cm³/mol. The Morgan fingerprint density at radius 1 is 1.00 bits per heavy atom. The number of benzene rings is 3. The summed E-state index contributed by atoms with van der Waals surface area (Å²) in [5, 5.41) is 11.7. The summed E-state index contributed by atoms with van der Waals surface area (Å²) in [4.78, 5) is 40.7. The number of esters is 1. The Morgan fingerprint density at radius 3 is 2.54 bits per heavy atom. The average Bonchev–Trinajstić information content (AvgIpc) is 3.46. The van der Waals surface area contributed by atoms with Crippen molar-refractivity contribution >= 4 is 50.2 Å². The Morgan fingerprint density at radius 2 is 1.78 bits per heavy atom. The van der Waals surface area contributed by atoms with Crippen molar-refractivity contribution in [3.63, 3.8) is 0 Å². The third-order valence-electron chi connectivity index (χ3n) is 6.13. The number of aliphatic hydroxyl groups is 1. The number of aliphatic hydroxyl groups excluding tert-OH is 1. The number of methoxy groups -OCH3 is 2. The fraction of sp³-hybridized carbons (Fsp3) is 0.107. The Bertz CT molecular complexity index is 1600. The second-order valence-electron chi connectivity index (χ2n) is 8.25.